The maximum Gasteiger partial charge on any atom is 0.0584 e. The molecule has 2 nitrogen and oxygen atoms in total. The van der Waals surface area contributed by atoms with Crippen molar-refractivity contribution >= 4 is 0 Å². The number of hydrogen-bond donors (Lipinski definition) is 2. The number of nitrogens with one attached hydrogen (secondary N) is 1. The van der Waals surface area contributed by atoms with Crippen molar-refractivity contribution < 1.29 is 5.11 Å². The molecule has 2 rings (SSSR count). The van der Waals surface area contributed by atoms with Crippen molar-refractivity contribution in [2.75, 3.05) is 13.2 Å². The first-order valence-corrected chi connectivity index (χ1v) is 7.03. The van der Waals surface area contributed by atoms with Crippen LogP contribution in [0.1, 0.15) is 46.0 Å². The second-order valence-electron chi connectivity index (χ2n) is 6.35. The maximum atomic E-state index is 9.32. The molecule has 2 N–H and O–H groups in total. The Hall–Kier alpha value is -0.0800. The fourth-order valence-electron chi connectivity index (χ4n) is 3.74. The van der Waals surface area contributed by atoms with Gasteiger partial charge in [-0.15, -0.1) is 0 Å². The van der Waals surface area contributed by atoms with Crippen LogP contribution >= 0.6 is 0 Å². The second-order valence-corrected chi connectivity index (χ2v) is 6.35. The summed E-state index contributed by atoms with van der Waals surface area (Å²) in [5, 5.41) is 12.9. The summed E-state index contributed by atoms with van der Waals surface area (Å²) in [5.41, 5.74) is 0. The van der Waals surface area contributed by atoms with Gasteiger partial charge in [0.2, 0.25) is 0 Å². The number of hydrogen-bond acceptors (Lipinski definition) is 2. The fourth-order valence-corrected chi connectivity index (χ4v) is 3.74. The third kappa shape index (κ3) is 2.98. The fraction of sp³-hybridized carbons (Fsp3) is 1.00. The molecule has 0 radical (unpaired) electrons. The highest BCUT2D eigenvalue weighted by molar-refractivity contribution is 4.91. The molecule has 4 unspecified atom stereocenters. The van der Waals surface area contributed by atoms with Gasteiger partial charge < -0.3 is 10.4 Å². The summed E-state index contributed by atoms with van der Waals surface area (Å²) in [7, 11) is 0. The van der Waals surface area contributed by atoms with Crippen LogP contribution in [0.3, 0.4) is 0 Å². The lowest BCUT2D eigenvalue weighted by molar-refractivity contribution is 0.209. The van der Waals surface area contributed by atoms with Gasteiger partial charge in [0, 0.05) is 6.04 Å². The Kier molecular flexibility index (Phi) is 4.26. The molecule has 2 aliphatic carbocycles. The molecular formula is C14H27NO. The van der Waals surface area contributed by atoms with Crippen LogP contribution < -0.4 is 5.32 Å². The van der Waals surface area contributed by atoms with Crippen LogP contribution in [0.4, 0.5) is 0 Å². The molecule has 0 aromatic rings. The van der Waals surface area contributed by atoms with Crippen molar-refractivity contribution in [3.05, 3.63) is 0 Å². The Bertz CT molecular complexity index is 217. The standard InChI is InChI=1S/C14H27NO/c1-10(2)5-14(9-16)15-8-13-7-11-3-4-12(13)6-11/h10-16H,3-9H2,1-2H3. The summed E-state index contributed by atoms with van der Waals surface area (Å²) in [5.74, 6) is 3.61. The maximum absolute atomic E-state index is 9.32. The molecule has 0 saturated heterocycles. The van der Waals surface area contributed by atoms with Crippen molar-refractivity contribution in [2.24, 2.45) is 23.7 Å². The van der Waals surface area contributed by atoms with E-state index in [4.69, 9.17) is 0 Å². The van der Waals surface area contributed by atoms with Crippen molar-refractivity contribution in [3.63, 3.8) is 0 Å². The Balaban J connectivity index is 1.70. The molecule has 4 atom stereocenters. The minimum Gasteiger partial charge on any atom is -0.395 e. The van der Waals surface area contributed by atoms with E-state index < -0.39 is 0 Å². The highest BCUT2D eigenvalue weighted by atomic mass is 16.3. The first-order chi connectivity index (χ1) is 7.69. The van der Waals surface area contributed by atoms with Crippen LogP contribution in [-0.4, -0.2) is 24.3 Å². The molecule has 2 fully saturated rings. The van der Waals surface area contributed by atoms with Crippen LogP contribution in [-0.2, 0) is 0 Å². The van der Waals surface area contributed by atoms with E-state index in [2.05, 4.69) is 19.2 Å². The summed E-state index contributed by atoms with van der Waals surface area (Å²) >= 11 is 0. The monoisotopic (exact) mass is 225 g/mol. The van der Waals surface area contributed by atoms with Crippen molar-refractivity contribution in [2.45, 2.75) is 52.0 Å². The average molecular weight is 225 g/mol. The topological polar surface area (TPSA) is 32.3 Å². The predicted octanol–water partition coefficient (Wildman–Crippen LogP) is 2.42. The molecule has 0 amide bonds. The molecule has 2 aliphatic rings. The number of rotatable bonds is 6. The minimum atomic E-state index is 0.291. The Morgan fingerprint density at radius 1 is 1.25 bits per heavy atom. The zero-order chi connectivity index (χ0) is 11.5. The molecule has 0 spiro atoms. The van der Waals surface area contributed by atoms with Gasteiger partial charge in [-0.05, 0) is 55.9 Å². The van der Waals surface area contributed by atoms with Gasteiger partial charge in [0.05, 0.1) is 6.61 Å². The molecule has 0 aliphatic heterocycles. The third-order valence-corrected chi connectivity index (χ3v) is 4.53. The van der Waals surface area contributed by atoms with E-state index >= 15 is 0 Å². The molecule has 0 aromatic carbocycles. The van der Waals surface area contributed by atoms with Gasteiger partial charge in [0.15, 0.2) is 0 Å². The molecule has 2 saturated carbocycles. The van der Waals surface area contributed by atoms with Crippen LogP contribution in [0, 0.1) is 23.7 Å². The normalized spacial score (nSPS) is 34.9. The Morgan fingerprint density at radius 2 is 2.06 bits per heavy atom. The largest absolute Gasteiger partial charge is 0.395 e. The molecule has 2 bridgehead atoms. The first-order valence-electron chi connectivity index (χ1n) is 7.03. The third-order valence-electron chi connectivity index (χ3n) is 4.53. The van der Waals surface area contributed by atoms with Crippen molar-refractivity contribution in [3.8, 4) is 0 Å². The van der Waals surface area contributed by atoms with E-state index in [0.29, 0.717) is 18.6 Å². The first kappa shape index (κ1) is 12.4. The van der Waals surface area contributed by atoms with Gasteiger partial charge in [-0.3, -0.25) is 0 Å². The highest BCUT2D eigenvalue weighted by Crippen LogP contribution is 2.47. The van der Waals surface area contributed by atoms with Gasteiger partial charge >= 0.3 is 0 Å². The van der Waals surface area contributed by atoms with Crippen molar-refractivity contribution in [1.82, 2.24) is 5.32 Å². The van der Waals surface area contributed by atoms with Gasteiger partial charge in [0.1, 0.15) is 0 Å². The lowest BCUT2D eigenvalue weighted by atomic mass is 9.88. The molecule has 2 heteroatoms. The van der Waals surface area contributed by atoms with E-state index in [1.54, 1.807) is 0 Å². The SMILES string of the molecule is CC(C)CC(CO)NCC1CC2CCC1C2. The van der Waals surface area contributed by atoms with Crippen LogP contribution in [0.2, 0.25) is 0 Å². The molecule has 0 heterocycles. The van der Waals surface area contributed by atoms with E-state index in [9.17, 15) is 5.11 Å². The number of aliphatic hydroxyl groups is 1. The smallest absolute Gasteiger partial charge is 0.0584 e. The summed E-state index contributed by atoms with van der Waals surface area (Å²) in [6.07, 6.45) is 6.97. The molecule has 94 valence electrons. The number of fused-ring (bicyclic) bond motifs is 2. The van der Waals surface area contributed by atoms with Gasteiger partial charge in [-0.25, -0.2) is 0 Å². The van der Waals surface area contributed by atoms with Gasteiger partial charge in [-0.2, -0.15) is 0 Å². The Morgan fingerprint density at radius 3 is 2.56 bits per heavy atom. The van der Waals surface area contributed by atoms with Crippen LogP contribution in [0.25, 0.3) is 0 Å². The lowest BCUT2D eigenvalue weighted by Crippen LogP contribution is -2.38. The van der Waals surface area contributed by atoms with Gasteiger partial charge in [-0.1, -0.05) is 20.3 Å². The Labute approximate surface area is 99.8 Å². The van der Waals surface area contributed by atoms with E-state index in [1.807, 2.05) is 0 Å². The molecule has 0 aromatic heterocycles. The highest BCUT2D eigenvalue weighted by Gasteiger charge is 2.39. The average Bonchev–Trinajstić information content (AvgIpc) is 2.85. The summed E-state index contributed by atoms with van der Waals surface area (Å²) in [6, 6.07) is 0.319. The summed E-state index contributed by atoms with van der Waals surface area (Å²) < 4.78 is 0. The van der Waals surface area contributed by atoms with E-state index in [-0.39, 0.29) is 0 Å². The number of aliphatic hydroxyl groups excluding tert-OH is 1. The zero-order valence-corrected chi connectivity index (χ0v) is 10.8. The minimum absolute atomic E-state index is 0.291. The lowest BCUT2D eigenvalue weighted by Gasteiger charge is -2.25. The van der Waals surface area contributed by atoms with Crippen LogP contribution in [0.5, 0.6) is 0 Å². The quantitative estimate of drug-likeness (QED) is 0.727. The van der Waals surface area contributed by atoms with Crippen LogP contribution in [0.15, 0.2) is 0 Å². The second kappa shape index (κ2) is 5.50. The molecular weight excluding hydrogens is 198 g/mol. The molecule has 16 heavy (non-hydrogen) atoms. The van der Waals surface area contributed by atoms with Crippen molar-refractivity contribution in [1.29, 1.82) is 0 Å². The summed E-state index contributed by atoms with van der Waals surface area (Å²) in [6.45, 7) is 5.88. The van der Waals surface area contributed by atoms with E-state index in [1.165, 1.54) is 25.7 Å². The zero-order valence-electron chi connectivity index (χ0n) is 10.8. The van der Waals surface area contributed by atoms with Gasteiger partial charge in [0.25, 0.3) is 0 Å². The van der Waals surface area contributed by atoms with E-state index in [0.717, 1.165) is 30.7 Å². The predicted molar refractivity (Wildman–Crippen MR) is 67.3 cm³/mol. The summed E-state index contributed by atoms with van der Waals surface area (Å²) in [4.78, 5) is 0.